The molecule has 42 heavy (non-hydrogen) atoms. The van der Waals surface area contributed by atoms with Gasteiger partial charge in [0, 0.05) is 17.6 Å². The molecule has 1 aliphatic carbocycles. The van der Waals surface area contributed by atoms with Gasteiger partial charge < -0.3 is 10.2 Å². The number of hydrogen-bond acceptors (Lipinski definition) is 4. The first kappa shape index (κ1) is 31.6. The Labute approximate surface area is 254 Å². The van der Waals surface area contributed by atoms with Crippen molar-refractivity contribution in [3.8, 4) is 0 Å². The largest absolute Gasteiger partial charge is 0.352 e. The van der Waals surface area contributed by atoms with E-state index >= 15 is 0 Å². The van der Waals surface area contributed by atoms with Crippen LogP contribution in [-0.2, 0) is 26.2 Å². The molecule has 1 aliphatic rings. The van der Waals surface area contributed by atoms with Crippen LogP contribution >= 0.6 is 11.6 Å². The van der Waals surface area contributed by atoms with Crippen LogP contribution in [0.25, 0.3) is 0 Å². The van der Waals surface area contributed by atoms with E-state index in [1.807, 2.05) is 45.0 Å². The molecule has 0 spiro atoms. The van der Waals surface area contributed by atoms with Gasteiger partial charge in [0.1, 0.15) is 12.6 Å². The average molecular weight is 610 g/mol. The molecule has 0 radical (unpaired) electrons. The second-order valence-corrected chi connectivity index (χ2v) is 13.5. The summed E-state index contributed by atoms with van der Waals surface area (Å²) >= 11 is 6.32. The highest BCUT2D eigenvalue weighted by atomic mass is 35.5. The molecule has 0 aromatic heterocycles. The summed E-state index contributed by atoms with van der Waals surface area (Å²) in [5.41, 5.74) is 3.82. The molecule has 0 bridgehead atoms. The van der Waals surface area contributed by atoms with Crippen molar-refractivity contribution in [2.45, 2.75) is 83.3 Å². The van der Waals surface area contributed by atoms with Crippen molar-refractivity contribution in [3.05, 3.63) is 94.0 Å². The third kappa shape index (κ3) is 7.53. The number of amides is 2. The predicted octanol–water partition coefficient (Wildman–Crippen LogP) is 6.33. The first-order chi connectivity index (χ1) is 20.0. The molecular weight excluding hydrogens is 570 g/mol. The van der Waals surface area contributed by atoms with Gasteiger partial charge in [-0.2, -0.15) is 0 Å². The topological polar surface area (TPSA) is 86.8 Å². The summed E-state index contributed by atoms with van der Waals surface area (Å²) in [4.78, 5) is 29.4. The van der Waals surface area contributed by atoms with Crippen LogP contribution in [0, 0.1) is 20.8 Å². The van der Waals surface area contributed by atoms with E-state index in [0.29, 0.717) is 22.7 Å². The number of rotatable bonds is 11. The van der Waals surface area contributed by atoms with Gasteiger partial charge in [-0.15, -0.1) is 0 Å². The van der Waals surface area contributed by atoms with E-state index in [-0.39, 0.29) is 23.4 Å². The molecule has 224 valence electrons. The van der Waals surface area contributed by atoms with E-state index < -0.39 is 28.5 Å². The SMILES string of the molecule is CCC(C(=O)NC1CCCC1)N(Cc1ccc(C)cc1)C(=O)CN(c1cc(Cl)ccc1C)S(=O)(=O)c1ccc(C)cc1. The van der Waals surface area contributed by atoms with Gasteiger partial charge in [-0.3, -0.25) is 13.9 Å². The molecule has 4 rings (SSSR count). The van der Waals surface area contributed by atoms with E-state index in [1.54, 1.807) is 37.3 Å². The molecule has 1 fully saturated rings. The fourth-order valence-corrected chi connectivity index (χ4v) is 7.02. The number of nitrogens with zero attached hydrogens (tertiary/aromatic N) is 2. The number of benzene rings is 3. The van der Waals surface area contributed by atoms with Crippen LogP contribution in [0.5, 0.6) is 0 Å². The average Bonchev–Trinajstić information content (AvgIpc) is 3.47. The third-order valence-electron chi connectivity index (χ3n) is 7.89. The van der Waals surface area contributed by atoms with Crippen molar-refractivity contribution in [3.63, 3.8) is 0 Å². The van der Waals surface area contributed by atoms with Crippen LogP contribution in [0.15, 0.2) is 71.6 Å². The van der Waals surface area contributed by atoms with Gasteiger partial charge in [0.05, 0.1) is 10.6 Å². The first-order valence-electron chi connectivity index (χ1n) is 14.5. The predicted molar refractivity (Wildman–Crippen MR) is 168 cm³/mol. The Hall–Kier alpha value is -3.36. The highest BCUT2D eigenvalue weighted by Crippen LogP contribution is 2.30. The lowest BCUT2D eigenvalue weighted by atomic mass is 10.1. The second kappa shape index (κ2) is 13.7. The number of nitrogens with one attached hydrogen (secondary N) is 1. The zero-order valence-electron chi connectivity index (χ0n) is 24.8. The minimum absolute atomic E-state index is 0.0661. The van der Waals surface area contributed by atoms with Crippen LogP contribution in [0.2, 0.25) is 5.02 Å². The minimum Gasteiger partial charge on any atom is -0.352 e. The third-order valence-corrected chi connectivity index (χ3v) is 9.90. The molecule has 0 aliphatic heterocycles. The van der Waals surface area contributed by atoms with E-state index in [1.165, 1.54) is 17.0 Å². The van der Waals surface area contributed by atoms with Crippen molar-refractivity contribution in [1.29, 1.82) is 0 Å². The van der Waals surface area contributed by atoms with Crippen LogP contribution in [-0.4, -0.2) is 43.8 Å². The van der Waals surface area contributed by atoms with Crippen molar-refractivity contribution >= 4 is 39.1 Å². The number of aryl methyl sites for hydroxylation is 3. The lowest BCUT2D eigenvalue weighted by Gasteiger charge is -2.34. The molecular formula is C33H40ClN3O4S. The molecule has 3 aromatic rings. The highest BCUT2D eigenvalue weighted by molar-refractivity contribution is 7.92. The zero-order chi connectivity index (χ0) is 30.4. The summed E-state index contributed by atoms with van der Waals surface area (Å²) in [5, 5.41) is 3.49. The molecule has 0 heterocycles. The number of halogens is 1. The van der Waals surface area contributed by atoms with E-state index in [4.69, 9.17) is 11.6 Å². The van der Waals surface area contributed by atoms with Gasteiger partial charge in [0.25, 0.3) is 10.0 Å². The highest BCUT2D eigenvalue weighted by Gasteiger charge is 2.35. The summed E-state index contributed by atoms with van der Waals surface area (Å²) in [6, 6.07) is 18.6. The number of hydrogen-bond donors (Lipinski definition) is 1. The number of sulfonamides is 1. The van der Waals surface area contributed by atoms with E-state index in [9.17, 15) is 18.0 Å². The Balaban J connectivity index is 1.74. The summed E-state index contributed by atoms with van der Waals surface area (Å²) in [5.74, 6) is -0.684. The van der Waals surface area contributed by atoms with Gasteiger partial charge in [-0.05, 0) is 75.4 Å². The summed E-state index contributed by atoms with van der Waals surface area (Å²) in [6.45, 7) is 7.19. The molecule has 1 atom stereocenters. The standard InChI is InChI=1S/C33H40ClN3O4S/c1-5-30(33(39)35-28-8-6-7-9-28)36(21-26-15-10-23(2)11-16-26)32(38)22-37(31-20-27(34)17-14-25(31)4)42(40,41)29-18-12-24(3)13-19-29/h10-20,28,30H,5-9,21-22H2,1-4H3,(H,35,39). The monoisotopic (exact) mass is 609 g/mol. The summed E-state index contributed by atoms with van der Waals surface area (Å²) in [7, 11) is -4.16. The quantitative estimate of drug-likeness (QED) is 0.275. The van der Waals surface area contributed by atoms with Gasteiger partial charge in [0.2, 0.25) is 11.8 Å². The van der Waals surface area contributed by atoms with Crippen molar-refractivity contribution < 1.29 is 18.0 Å². The number of carbonyl (C=O) groups excluding carboxylic acids is 2. The van der Waals surface area contributed by atoms with E-state index in [2.05, 4.69) is 5.32 Å². The van der Waals surface area contributed by atoms with Gasteiger partial charge >= 0.3 is 0 Å². The fraction of sp³-hybridized carbons (Fsp3) is 0.394. The normalized spacial score (nSPS) is 14.4. The second-order valence-electron chi connectivity index (χ2n) is 11.2. The van der Waals surface area contributed by atoms with Crippen LogP contribution < -0.4 is 9.62 Å². The molecule has 7 nitrogen and oxygen atoms in total. The number of carbonyl (C=O) groups is 2. The minimum atomic E-state index is -4.16. The smallest absolute Gasteiger partial charge is 0.264 e. The summed E-state index contributed by atoms with van der Waals surface area (Å²) in [6.07, 6.45) is 4.36. The zero-order valence-corrected chi connectivity index (χ0v) is 26.3. The van der Waals surface area contributed by atoms with E-state index in [0.717, 1.165) is 46.7 Å². The van der Waals surface area contributed by atoms with Crippen LogP contribution in [0.3, 0.4) is 0 Å². The van der Waals surface area contributed by atoms with Crippen LogP contribution in [0.4, 0.5) is 5.69 Å². The van der Waals surface area contributed by atoms with Crippen molar-refractivity contribution in [2.75, 3.05) is 10.8 Å². The van der Waals surface area contributed by atoms with Gasteiger partial charge in [-0.25, -0.2) is 8.42 Å². The van der Waals surface area contributed by atoms with Crippen LogP contribution in [0.1, 0.15) is 61.3 Å². The molecule has 1 unspecified atom stereocenters. The molecule has 2 amide bonds. The molecule has 1 saturated carbocycles. The first-order valence-corrected chi connectivity index (χ1v) is 16.3. The maximum Gasteiger partial charge on any atom is 0.264 e. The Kier molecular flexibility index (Phi) is 10.3. The maximum atomic E-state index is 14.3. The Morgan fingerprint density at radius 1 is 0.929 bits per heavy atom. The Bertz CT molecular complexity index is 1500. The van der Waals surface area contributed by atoms with Crippen molar-refractivity contribution in [1.82, 2.24) is 10.2 Å². The summed E-state index contributed by atoms with van der Waals surface area (Å²) < 4.78 is 29.3. The molecule has 3 aromatic carbocycles. The molecule has 1 N–H and O–H groups in total. The molecule has 9 heteroatoms. The maximum absolute atomic E-state index is 14.3. The van der Waals surface area contributed by atoms with Gasteiger partial charge in [0.15, 0.2) is 0 Å². The molecule has 0 saturated heterocycles. The number of anilines is 1. The lowest BCUT2D eigenvalue weighted by molar-refractivity contribution is -0.140. The Morgan fingerprint density at radius 2 is 1.52 bits per heavy atom. The lowest BCUT2D eigenvalue weighted by Crippen LogP contribution is -2.53. The Morgan fingerprint density at radius 3 is 2.12 bits per heavy atom. The van der Waals surface area contributed by atoms with Crippen molar-refractivity contribution in [2.24, 2.45) is 0 Å². The fourth-order valence-electron chi connectivity index (χ4n) is 5.38. The van der Waals surface area contributed by atoms with Gasteiger partial charge in [-0.1, -0.05) is 85.0 Å².